The van der Waals surface area contributed by atoms with Gasteiger partial charge in [0.25, 0.3) is 0 Å². The number of nitriles is 1. The van der Waals surface area contributed by atoms with Crippen LogP contribution < -0.4 is 10.2 Å². The summed E-state index contributed by atoms with van der Waals surface area (Å²) in [6.07, 6.45) is 1.44. The number of hydrogen-bond donors (Lipinski definition) is 0. The molecule has 0 spiro atoms. The standard InChI is InChI=1S/C25H25N3O5S/c1-27(12-4-11-26)34(30,31)23-9-7-19(8-10-23)17-33-25-18-32-22(13-24(25)29)16-28-14-20-5-2-3-6-21(20)15-28/h2-3,5-10,13,18H,4,12,14-17H2,1H3. The third-order valence-corrected chi connectivity index (χ3v) is 7.57. The lowest BCUT2D eigenvalue weighted by Gasteiger charge is -2.16. The van der Waals surface area contributed by atoms with Crippen LogP contribution in [0, 0.1) is 11.3 Å². The van der Waals surface area contributed by atoms with Crippen molar-refractivity contribution in [2.75, 3.05) is 13.6 Å². The van der Waals surface area contributed by atoms with Crippen LogP contribution in [0.4, 0.5) is 0 Å². The Kier molecular flexibility index (Phi) is 7.12. The van der Waals surface area contributed by atoms with Crippen molar-refractivity contribution >= 4 is 10.0 Å². The van der Waals surface area contributed by atoms with E-state index < -0.39 is 10.0 Å². The Bertz CT molecular complexity index is 1340. The van der Waals surface area contributed by atoms with Gasteiger partial charge in [0.1, 0.15) is 18.6 Å². The first-order valence-corrected chi connectivity index (χ1v) is 12.3. The highest BCUT2D eigenvalue weighted by Crippen LogP contribution is 2.24. The van der Waals surface area contributed by atoms with Gasteiger partial charge in [-0.25, -0.2) is 8.42 Å². The van der Waals surface area contributed by atoms with E-state index in [1.54, 1.807) is 12.1 Å². The van der Waals surface area contributed by atoms with Crippen molar-refractivity contribution in [3.63, 3.8) is 0 Å². The van der Waals surface area contributed by atoms with Crippen molar-refractivity contribution in [1.29, 1.82) is 5.26 Å². The summed E-state index contributed by atoms with van der Waals surface area (Å²) in [4.78, 5) is 14.8. The molecule has 1 aliphatic rings. The third-order valence-electron chi connectivity index (χ3n) is 5.70. The maximum Gasteiger partial charge on any atom is 0.242 e. The minimum absolute atomic E-state index is 0.0934. The van der Waals surface area contributed by atoms with Crippen LogP contribution in [0.15, 0.2) is 75.0 Å². The Hall–Kier alpha value is -3.45. The van der Waals surface area contributed by atoms with Gasteiger partial charge in [-0.15, -0.1) is 0 Å². The summed E-state index contributed by atoms with van der Waals surface area (Å²) in [5.74, 6) is 0.668. The van der Waals surface area contributed by atoms with E-state index >= 15 is 0 Å². The fraction of sp³-hybridized carbons (Fsp3) is 0.280. The molecule has 0 amide bonds. The number of sulfonamides is 1. The molecule has 1 aromatic heterocycles. The first-order valence-electron chi connectivity index (χ1n) is 10.8. The molecule has 9 heteroatoms. The van der Waals surface area contributed by atoms with E-state index in [4.69, 9.17) is 14.4 Å². The van der Waals surface area contributed by atoms with Gasteiger partial charge in [-0.05, 0) is 28.8 Å². The number of ether oxygens (including phenoxy) is 1. The zero-order valence-corrected chi connectivity index (χ0v) is 19.6. The fourth-order valence-electron chi connectivity index (χ4n) is 3.79. The van der Waals surface area contributed by atoms with Crippen molar-refractivity contribution < 1.29 is 17.6 Å². The Morgan fingerprint density at radius 1 is 1.12 bits per heavy atom. The first kappa shape index (κ1) is 23.7. The van der Waals surface area contributed by atoms with E-state index in [0.29, 0.717) is 17.9 Å². The minimum atomic E-state index is -3.66. The second-order valence-corrected chi connectivity index (χ2v) is 10.2. The van der Waals surface area contributed by atoms with Gasteiger partial charge in [0.05, 0.1) is 17.5 Å². The summed E-state index contributed by atoms with van der Waals surface area (Å²) in [6.45, 7) is 2.38. The van der Waals surface area contributed by atoms with E-state index in [2.05, 4.69) is 17.0 Å². The maximum atomic E-state index is 12.5. The molecular formula is C25H25N3O5S. The van der Waals surface area contributed by atoms with Crippen molar-refractivity contribution in [3.8, 4) is 11.8 Å². The van der Waals surface area contributed by atoms with Gasteiger partial charge in [0.15, 0.2) is 0 Å². The van der Waals surface area contributed by atoms with Crippen LogP contribution in [0.2, 0.25) is 0 Å². The summed E-state index contributed by atoms with van der Waals surface area (Å²) in [5, 5.41) is 8.66. The maximum absolute atomic E-state index is 12.5. The summed E-state index contributed by atoms with van der Waals surface area (Å²) in [6, 6.07) is 17.9. The van der Waals surface area contributed by atoms with E-state index in [1.807, 2.05) is 18.2 Å². The molecule has 0 bridgehead atoms. The highest BCUT2D eigenvalue weighted by molar-refractivity contribution is 7.89. The molecule has 0 fully saturated rings. The number of nitrogens with zero attached hydrogens (tertiary/aromatic N) is 3. The molecule has 34 heavy (non-hydrogen) atoms. The highest BCUT2D eigenvalue weighted by atomic mass is 32.2. The van der Waals surface area contributed by atoms with E-state index in [9.17, 15) is 13.2 Å². The number of benzene rings is 2. The largest absolute Gasteiger partial charge is 0.482 e. The number of fused-ring (bicyclic) bond motifs is 1. The molecule has 3 aromatic rings. The van der Waals surface area contributed by atoms with Crippen molar-refractivity contribution in [1.82, 2.24) is 9.21 Å². The molecule has 0 saturated heterocycles. The molecule has 176 valence electrons. The molecular weight excluding hydrogens is 454 g/mol. The molecule has 0 radical (unpaired) electrons. The van der Waals surface area contributed by atoms with Crippen LogP contribution in [-0.4, -0.2) is 31.2 Å². The average Bonchev–Trinajstić information content (AvgIpc) is 3.24. The third kappa shape index (κ3) is 5.37. The summed E-state index contributed by atoms with van der Waals surface area (Å²) in [5.41, 5.74) is 3.02. The molecule has 2 aromatic carbocycles. The van der Waals surface area contributed by atoms with Crippen molar-refractivity contribution in [3.05, 3.63) is 93.5 Å². The number of rotatable bonds is 9. The molecule has 0 saturated carbocycles. The molecule has 2 heterocycles. The molecule has 0 atom stereocenters. The lowest BCUT2D eigenvalue weighted by molar-refractivity contribution is 0.241. The molecule has 8 nitrogen and oxygen atoms in total. The lowest BCUT2D eigenvalue weighted by Crippen LogP contribution is -2.27. The SMILES string of the molecule is CN(CCC#N)S(=O)(=O)c1ccc(COc2coc(CN3Cc4ccccc4C3)cc2=O)cc1. The van der Waals surface area contributed by atoms with Crippen molar-refractivity contribution in [2.45, 2.75) is 37.6 Å². The van der Waals surface area contributed by atoms with Gasteiger partial charge in [0.2, 0.25) is 21.2 Å². The molecule has 0 aliphatic carbocycles. The van der Waals surface area contributed by atoms with Crippen LogP contribution in [0.1, 0.15) is 28.9 Å². The van der Waals surface area contributed by atoms with Gasteiger partial charge in [-0.1, -0.05) is 36.4 Å². The second kappa shape index (κ2) is 10.2. The average molecular weight is 480 g/mol. The monoisotopic (exact) mass is 479 g/mol. The summed E-state index contributed by atoms with van der Waals surface area (Å²) >= 11 is 0. The predicted octanol–water partition coefficient (Wildman–Crippen LogP) is 3.27. The predicted molar refractivity (Wildman–Crippen MR) is 125 cm³/mol. The highest BCUT2D eigenvalue weighted by Gasteiger charge is 2.21. The Morgan fingerprint density at radius 3 is 2.41 bits per heavy atom. The first-order chi connectivity index (χ1) is 16.4. The Morgan fingerprint density at radius 2 is 1.79 bits per heavy atom. The zero-order chi connectivity index (χ0) is 24.1. The zero-order valence-electron chi connectivity index (χ0n) is 18.8. The Labute approximate surface area is 198 Å². The van der Waals surface area contributed by atoms with Gasteiger partial charge in [-0.2, -0.15) is 9.57 Å². The normalized spacial score (nSPS) is 13.6. The molecule has 0 N–H and O–H groups in total. The van der Waals surface area contributed by atoms with Crippen LogP contribution in [0.25, 0.3) is 0 Å². The minimum Gasteiger partial charge on any atom is -0.482 e. The molecule has 0 unspecified atom stereocenters. The van der Waals surface area contributed by atoms with Crippen LogP contribution in [-0.2, 0) is 36.3 Å². The van der Waals surface area contributed by atoms with Gasteiger partial charge in [-0.3, -0.25) is 9.69 Å². The van der Waals surface area contributed by atoms with E-state index in [0.717, 1.165) is 17.4 Å². The quantitative estimate of drug-likeness (QED) is 0.464. The second-order valence-electron chi connectivity index (χ2n) is 8.16. The Balaban J connectivity index is 1.34. The van der Waals surface area contributed by atoms with E-state index in [1.165, 1.54) is 42.6 Å². The number of hydrogen-bond acceptors (Lipinski definition) is 7. The smallest absolute Gasteiger partial charge is 0.242 e. The topological polar surface area (TPSA) is 104 Å². The summed E-state index contributed by atoms with van der Waals surface area (Å²) in [7, 11) is -2.22. The van der Waals surface area contributed by atoms with Gasteiger partial charge in [0, 0.05) is 39.2 Å². The lowest BCUT2D eigenvalue weighted by atomic mass is 10.1. The van der Waals surface area contributed by atoms with Crippen LogP contribution >= 0.6 is 0 Å². The molecule has 4 rings (SSSR count). The fourth-order valence-corrected chi connectivity index (χ4v) is 4.96. The van der Waals surface area contributed by atoms with E-state index in [-0.39, 0.29) is 35.6 Å². The van der Waals surface area contributed by atoms with Crippen molar-refractivity contribution in [2.24, 2.45) is 0 Å². The summed E-state index contributed by atoms with van der Waals surface area (Å²) < 4.78 is 37.4. The van der Waals surface area contributed by atoms with Crippen LogP contribution in [0.5, 0.6) is 5.75 Å². The van der Waals surface area contributed by atoms with Gasteiger partial charge >= 0.3 is 0 Å². The van der Waals surface area contributed by atoms with Crippen LogP contribution in [0.3, 0.4) is 0 Å². The molecule has 1 aliphatic heterocycles. The van der Waals surface area contributed by atoms with Gasteiger partial charge < -0.3 is 9.15 Å².